The number of nitrogens with zero attached hydrogens (tertiary/aromatic N) is 3. The van der Waals surface area contributed by atoms with Gasteiger partial charge in [-0.1, -0.05) is 6.07 Å². The third-order valence-electron chi connectivity index (χ3n) is 7.56. The highest BCUT2D eigenvalue weighted by Gasteiger charge is 2.49. The van der Waals surface area contributed by atoms with Gasteiger partial charge < -0.3 is 19.2 Å². The number of hydrogen-bond acceptors (Lipinski definition) is 6. The van der Waals surface area contributed by atoms with E-state index in [1.807, 2.05) is 22.8 Å². The van der Waals surface area contributed by atoms with E-state index in [0.29, 0.717) is 25.3 Å². The van der Waals surface area contributed by atoms with Crippen molar-refractivity contribution in [2.45, 2.75) is 37.9 Å². The Morgan fingerprint density at radius 3 is 2.85 bits per heavy atom. The second-order valence-electron chi connectivity index (χ2n) is 9.41. The van der Waals surface area contributed by atoms with Crippen molar-refractivity contribution in [2.75, 3.05) is 11.4 Å². The number of pyridine rings is 1. The number of non-ortho nitro benzene ring substituents is 1. The van der Waals surface area contributed by atoms with Crippen molar-refractivity contribution >= 4 is 17.3 Å². The summed E-state index contributed by atoms with van der Waals surface area (Å²) in [5, 5.41) is 14.4. The highest BCUT2D eigenvalue weighted by molar-refractivity contribution is 5.82. The first-order valence-electron chi connectivity index (χ1n) is 11.5. The zero-order valence-electron chi connectivity index (χ0n) is 18.4. The van der Waals surface area contributed by atoms with E-state index in [1.165, 1.54) is 6.07 Å². The lowest BCUT2D eigenvalue weighted by Gasteiger charge is -2.54. The van der Waals surface area contributed by atoms with Gasteiger partial charge in [-0.15, -0.1) is 0 Å². The van der Waals surface area contributed by atoms with E-state index < -0.39 is 10.8 Å². The molecule has 3 aliphatic heterocycles. The average Bonchev–Trinajstić information content (AvgIpc) is 3.36. The number of nitro benzene ring substituents is 1. The molecule has 0 unspecified atom stereocenters. The van der Waals surface area contributed by atoms with Crippen molar-refractivity contribution in [1.29, 1.82) is 0 Å². The number of carbonyl (C=O) groups is 1. The Hall–Kier alpha value is -3.88. The van der Waals surface area contributed by atoms with Crippen LogP contribution in [-0.2, 0) is 24.3 Å². The molecule has 4 atom stereocenters. The molecule has 3 aliphatic rings. The number of benzene rings is 1. The maximum Gasteiger partial charge on any atom is 0.269 e. The number of furan rings is 1. The Bertz CT molecular complexity index is 1330. The molecule has 3 aromatic rings. The van der Waals surface area contributed by atoms with Crippen molar-refractivity contribution in [3.63, 3.8) is 0 Å². The Labute approximate surface area is 195 Å². The number of rotatable bonds is 4. The fourth-order valence-electron chi connectivity index (χ4n) is 6.17. The molecule has 0 saturated carbocycles. The largest absolute Gasteiger partial charge is 0.467 e. The summed E-state index contributed by atoms with van der Waals surface area (Å²) in [6, 6.07) is 13.8. The molecule has 5 heterocycles. The molecule has 1 amide bonds. The summed E-state index contributed by atoms with van der Waals surface area (Å²) in [5.41, 5.74) is 2.81. The second-order valence-corrected chi connectivity index (χ2v) is 9.41. The molecule has 34 heavy (non-hydrogen) atoms. The van der Waals surface area contributed by atoms with Crippen LogP contribution in [0, 0.1) is 22.0 Å². The fraction of sp³-hybridized carbons (Fsp3) is 0.360. The van der Waals surface area contributed by atoms with Crippen LogP contribution in [0.25, 0.3) is 0 Å². The van der Waals surface area contributed by atoms with E-state index in [-0.39, 0.29) is 41.6 Å². The quantitative estimate of drug-likeness (QED) is 0.474. The molecule has 2 bridgehead atoms. The van der Waals surface area contributed by atoms with Gasteiger partial charge in [0, 0.05) is 54.6 Å². The maximum absolute atomic E-state index is 13.5. The van der Waals surface area contributed by atoms with Gasteiger partial charge in [-0.05, 0) is 48.6 Å². The van der Waals surface area contributed by atoms with Gasteiger partial charge in [0.2, 0.25) is 5.91 Å². The van der Waals surface area contributed by atoms with E-state index >= 15 is 0 Å². The molecular formula is C25H24N4O5. The van der Waals surface area contributed by atoms with Crippen LogP contribution in [0.5, 0.6) is 0 Å². The number of piperidine rings is 1. The number of aromatic nitrogens is 1. The van der Waals surface area contributed by atoms with Crippen LogP contribution in [-0.4, -0.2) is 28.0 Å². The number of nitrogens with one attached hydrogen (secondary N) is 1. The lowest BCUT2D eigenvalue weighted by Crippen LogP contribution is -2.61. The van der Waals surface area contributed by atoms with Gasteiger partial charge in [0.05, 0.1) is 23.6 Å². The van der Waals surface area contributed by atoms with Crippen LogP contribution in [0.2, 0.25) is 0 Å². The summed E-state index contributed by atoms with van der Waals surface area (Å²) < 4.78 is 7.22. The predicted molar refractivity (Wildman–Crippen MR) is 124 cm³/mol. The van der Waals surface area contributed by atoms with Gasteiger partial charge in [-0.3, -0.25) is 19.7 Å². The Morgan fingerprint density at radius 1 is 1.18 bits per heavy atom. The molecule has 1 fully saturated rings. The van der Waals surface area contributed by atoms with Crippen LogP contribution >= 0.6 is 0 Å². The monoisotopic (exact) mass is 460 g/mol. The number of carbonyl (C=O) groups excluding carboxylic acids is 1. The average molecular weight is 460 g/mol. The SMILES string of the molecule is O=C(NCc1ccco1)[C@@H]1Cc2cc([N+](=O)[O-])ccc2N2C[C@@H]3C[C@@H](Cn4c3cccc4=O)[C@@H]12. The molecule has 9 heteroatoms. The van der Waals surface area contributed by atoms with Gasteiger partial charge in [-0.2, -0.15) is 0 Å². The summed E-state index contributed by atoms with van der Waals surface area (Å²) >= 11 is 0. The van der Waals surface area contributed by atoms with E-state index in [9.17, 15) is 19.7 Å². The van der Waals surface area contributed by atoms with E-state index in [1.54, 1.807) is 30.5 Å². The predicted octanol–water partition coefficient (Wildman–Crippen LogP) is 2.83. The lowest BCUT2D eigenvalue weighted by atomic mass is 9.70. The van der Waals surface area contributed by atoms with Crippen molar-refractivity contribution < 1.29 is 14.1 Å². The van der Waals surface area contributed by atoms with Gasteiger partial charge in [0.25, 0.3) is 11.2 Å². The smallest absolute Gasteiger partial charge is 0.269 e. The van der Waals surface area contributed by atoms with Gasteiger partial charge in [0.15, 0.2) is 0 Å². The number of amides is 1. The molecule has 1 N–H and O–H groups in total. The zero-order chi connectivity index (χ0) is 23.4. The van der Waals surface area contributed by atoms with Crippen molar-refractivity contribution in [1.82, 2.24) is 9.88 Å². The second kappa shape index (κ2) is 7.86. The minimum atomic E-state index is -0.397. The van der Waals surface area contributed by atoms with E-state index in [0.717, 1.165) is 23.4 Å². The van der Waals surface area contributed by atoms with Crippen LogP contribution in [0.3, 0.4) is 0 Å². The van der Waals surface area contributed by atoms with E-state index in [4.69, 9.17) is 4.42 Å². The third-order valence-corrected chi connectivity index (χ3v) is 7.56. The van der Waals surface area contributed by atoms with Crippen LogP contribution < -0.4 is 15.8 Å². The van der Waals surface area contributed by atoms with Crippen LogP contribution in [0.15, 0.2) is 64.0 Å². The summed E-state index contributed by atoms with van der Waals surface area (Å²) in [4.78, 5) is 39.4. The van der Waals surface area contributed by atoms with Gasteiger partial charge in [0.1, 0.15) is 5.76 Å². The molecule has 9 nitrogen and oxygen atoms in total. The first-order chi connectivity index (χ1) is 16.5. The molecule has 1 saturated heterocycles. The van der Waals surface area contributed by atoms with Crippen molar-refractivity contribution in [2.24, 2.45) is 11.8 Å². The molecule has 2 aromatic heterocycles. The minimum Gasteiger partial charge on any atom is -0.467 e. The van der Waals surface area contributed by atoms with Gasteiger partial charge in [-0.25, -0.2) is 0 Å². The lowest BCUT2D eigenvalue weighted by molar-refractivity contribution is -0.384. The maximum atomic E-state index is 13.5. The standard InChI is InChI=1S/C25H24N4O5/c30-23-5-1-4-21-16-9-17(14-27(21)23)24-20(25(31)26-12-19-3-2-8-34-19)11-15-10-18(29(32)33)6-7-22(15)28(24)13-16/h1-8,10,16-17,20,24H,9,11-14H2,(H,26,31)/t16-,17-,20+,24-/m0/s1. The molecule has 0 aliphatic carbocycles. The molecule has 174 valence electrons. The summed E-state index contributed by atoms with van der Waals surface area (Å²) in [6.45, 7) is 1.51. The first-order valence-corrected chi connectivity index (χ1v) is 11.5. The highest BCUT2D eigenvalue weighted by atomic mass is 16.6. The molecular weight excluding hydrogens is 436 g/mol. The van der Waals surface area contributed by atoms with Crippen LogP contribution in [0.1, 0.15) is 29.4 Å². The number of fused-ring (bicyclic) bond motifs is 8. The molecule has 0 radical (unpaired) electrons. The van der Waals surface area contributed by atoms with E-state index in [2.05, 4.69) is 10.2 Å². The highest BCUT2D eigenvalue weighted by Crippen LogP contribution is 2.47. The first kappa shape index (κ1) is 20.7. The third kappa shape index (κ3) is 3.30. The molecule has 0 spiro atoms. The summed E-state index contributed by atoms with van der Waals surface area (Å²) in [5.74, 6) is 0.453. The summed E-state index contributed by atoms with van der Waals surface area (Å²) in [6.07, 6.45) is 2.90. The van der Waals surface area contributed by atoms with Crippen LogP contribution in [0.4, 0.5) is 11.4 Å². The Kier molecular flexibility index (Phi) is 4.79. The van der Waals surface area contributed by atoms with Gasteiger partial charge >= 0.3 is 0 Å². The molecule has 6 rings (SSSR count). The number of hydrogen-bond donors (Lipinski definition) is 1. The Morgan fingerprint density at radius 2 is 2.06 bits per heavy atom. The van der Waals surface area contributed by atoms with Crippen molar-refractivity contribution in [3.8, 4) is 0 Å². The topological polar surface area (TPSA) is 111 Å². The fourth-order valence-corrected chi connectivity index (χ4v) is 6.17. The zero-order valence-corrected chi connectivity index (χ0v) is 18.4. The number of anilines is 1. The normalized spacial score (nSPS) is 24.5. The van der Waals surface area contributed by atoms with Crippen molar-refractivity contribution in [3.05, 3.63) is 92.3 Å². The summed E-state index contributed by atoms with van der Waals surface area (Å²) in [7, 11) is 0. The Balaban J connectivity index is 1.39. The minimum absolute atomic E-state index is 0.00805. The number of nitro groups is 1. The molecule has 1 aromatic carbocycles.